The van der Waals surface area contributed by atoms with Crippen molar-refractivity contribution in [3.8, 4) is 28.4 Å². The number of amides is 1. The van der Waals surface area contributed by atoms with Crippen LogP contribution in [0.5, 0.6) is 5.75 Å². The minimum absolute atomic E-state index is 0.0621. The first-order valence-electron chi connectivity index (χ1n) is 17.0. The number of nitrogens with one attached hydrogen (secondary N) is 4. The molecular formula is C37H42N8O5. The molecular weight excluding hydrogens is 636 g/mol. The van der Waals surface area contributed by atoms with Crippen LogP contribution in [0.1, 0.15) is 25.1 Å². The van der Waals surface area contributed by atoms with Crippen LogP contribution < -0.4 is 25.6 Å². The van der Waals surface area contributed by atoms with Crippen LogP contribution in [0.2, 0.25) is 0 Å². The van der Waals surface area contributed by atoms with E-state index in [0.29, 0.717) is 58.9 Å². The molecule has 0 saturated carbocycles. The van der Waals surface area contributed by atoms with Gasteiger partial charge in [-0.05, 0) is 55.5 Å². The molecule has 260 valence electrons. The Labute approximate surface area is 290 Å². The fourth-order valence-electron chi connectivity index (χ4n) is 6.74. The van der Waals surface area contributed by atoms with Gasteiger partial charge in [-0.3, -0.25) is 4.79 Å². The molecule has 2 saturated heterocycles. The number of H-pyrrole nitrogens is 1. The van der Waals surface area contributed by atoms with Crippen molar-refractivity contribution < 1.29 is 23.8 Å². The van der Waals surface area contributed by atoms with E-state index < -0.39 is 0 Å². The summed E-state index contributed by atoms with van der Waals surface area (Å²) in [7, 11) is 1.61. The maximum absolute atomic E-state index is 12.6. The Morgan fingerprint density at radius 1 is 1.16 bits per heavy atom. The molecule has 5 N–H and O–H groups in total. The number of hydrogen-bond acceptors (Lipinski definition) is 11. The first-order chi connectivity index (χ1) is 24.5. The van der Waals surface area contributed by atoms with Crippen LogP contribution in [0.4, 0.5) is 23.0 Å². The van der Waals surface area contributed by atoms with Gasteiger partial charge >= 0.3 is 0 Å². The average Bonchev–Trinajstić information content (AvgIpc) is 3.82. The number of aliphatic hydroxyl groups is 1. The molecule has 2 fully saturated rings. The Kier molecular flexibility index (Phi) is 10.1. The zero-order valence-corrected chi connectivity index (χ0v) is 28.1. The number of aliphatic hydroxyl groups excluding tert-OH is 1. The van der Waals surface area contributed by atoms with E-state index in [-0.39, 0.29) is 18.6 Å². The number of nitrogens with zero attached hydrogens (tertiary/aromatic N) is 4. The third-order valence-electron chi connectivity index (χ3n) is 9.34. The van der Waals surface area contributed by atoms with Gasteiger partial charge in [-0.25, -0.2) is 15.0 Å². The number of carbonyl (C=O) groups excluding carboxylic acids is 1. The SMILES string of the molecule is C=CC(=O)Nc1cc(Nc2nccc(-c3[nH]c(CCCO)nc3-c3ccc4ccoc4c3)n2)c(OC)cc1N1CCC(C2CNCCO2)CC1. The van der Waals surface area contributed by atoms with Gasteiger partial charge in [-0.15, -0.1) is 0 Å². The lowest BCUT2D eigenvalue weighted by Gasteiger charge is -2.39. The van der Waals surface area contributed by atoms with Crippen LogP contribution in [-0.2, 0) is 16.0 Å². The van der Waals surface area contributed by atoms with Gasteiger partial charge in [0.25, 0.3) is 0 Å². The number of anilines is 4. The summed E-state index contributed by atoms with van der Waals surface area (Å²) >= 11 is 0. The Morgan fingerprint density at radius 2 is 2.04 bits per heavy atom. The number of aromatic nitrogens is 4. The van der Waals surface area contributed by atoms with Gasteiger partial charge in [0, 0.05) is 62.4 Å². The standard InChI is InChI=1S/C37H42N8O5/c1-3-34(47)40-27-20-28(31(48-2)21-29(27)45-14-9-24(10-15-45)32-22-38-13-18-50-32)42-37-39-12-8-26(41-37)36-35(43-33(44-36)5-4-16-46)25-7-6-23-11-17-49-30(23)19-25/h3,6-8,11-12,17,19-21,24,32,38,46H,1,4-5,9-10,13-16,18,22H2,2H3,(H,40,47)(H,43,44)(H,39,41,42). The molecule has 2 aliphatic heterocycles. The summed E-state index contributed by atoms with van der Waals surface area (Å²) in [5.41, 5.74) is 5.75. The van der Waals surface area contributed by atoms with E-state index in [1.54, 1.807) is 19.6 Å². The summed E-state index contributed by atoms with van der Waals surface area (Å²) in [6, 6.07) is 13.5. The minimum Gasteiger partial charge on any atom is -0.494 e. The van der Waals surface area contributed by atoms with Crippen molar-refractivity contribution in [2.75, 3.05) is 62.0 Å². The summed E-state index contributed by atoms with van der Waals surface area (Å²) in [5, 5.41) is 20.2. The molecule has 50 heavy (non-hydrogen) atoms. The van der Waals surface area contributed by atoms with Crippen molar-refractivity contribution in [2.24, 2.45) is 5.92 Å². The van der Waals surface area contributed by atoms with Crippen molar-refractivity contribution >= 4 is 39.9 Å². The van der Waals surface area contributed by atoms with E-state index in [1.165, 1.54) is 6.08 Å². The van der Waals surface area contributed by atoms with Gasteiger partial charge in [-0.1, -0.05) is 18.7 Å². The fourth-order valence-corrected chi connectivity index (χ4v) is 6.74. The quantitative estimate of drug-likeness (QED) is 0.109. The predicted molar refractivity (Wildman–Crippen MR) is 193 cm³/mol. The Bertz CT molecular complexity index is 1960. The van der Waals surface area contributed by atoms with Gasteiger partial charge in [0.2, 0.25) is 11.9 Å². The van der Waals surface area contributed by atoms with Gasteiger partial charge in [0.15, 0.2) is 0 Å². The number of morpholine rings is 1. The topological polar surface area (TPSA) is 163 Å². The summed E-state index contributed by atoms with van der Waals surface area (Å²) in [4.78, 5) is 32.6. The second-order valence-corrected chi connectivity index (χ2v) is 12.5. The molecule has 1 unspecified atom stereocenters. The van der Waals surface area contributed by atoms with Crippen molar-refractivity contribution in [3.05, 3.63) is 73.4 Å². The molecule has 0 radical (unpaired) electrons. The van der Waals surface area contributed by atoms with Crippen LogP contribution in [0, 0.1) is 5.92 Å². The molecule has 13 nitrogen and oxygen atoms in total. The lowest BCUT2D eigenvalue weighted by Crippen LogP contribution is -2.46. The van der Waals surface area contributed by atoms with E-state index in [2.05, 4.69) is 37.4 Å². The van der Waals surface area contributed by atoms with Crippen LogP contribution in [-0.4, -0.2) is 83.6 Å². The number of carbonyl (C=O) groups is 1. The van der Waals surface area contributed by atoms with Gasteiger partial charge in [0.1, 0.15) is 17.2 Å². The minimum atomic E-state index is -0.311. The lowest BCUT2D eigenvalue weighted by molar-refractivity contribution is -0.111. The highest BCUT2D eigenvalue weighted by atomic mass is 16.5. The van der Waals surface area contributed by atoms with Gasteiger partial charge in [0.05, 0.1) is 60.2 Å². The Hall–Kier alpha value is -5.24. The maximum Gasteiger partial charge on any atom is 0.247 e. The van der Waals surface area contributed by atoms with Crippen LogP contribution >= 0.6 is 0 Å². The fraction of sp³-hybridized carbons (Fsp3) is 0.351. The highest BCUT2D eigenvalue weighted by Crippen LogP contribution is 2.40. The highest BCUT2D eigenvalue weighted by molar-refractivity contribution is 6.02. The van der Waals surface area contributed by atoms with Crippen LogP contribution in [0.25, 0.3) is 33.6 Å². The molecule has 0 aliphatic carbocycles. The smallest absolute Gasteiger partial charge is 0.247 e. The number of methoxy groups -OCH3 is 1. The molecule has 13 heteroatoms. The van der Waals surface area contributed by atoms with Gasteiger partial charge in [-0.2, -0.15) is 0 Å². The number of benzene rings is 2. The molecule has 5 heterocycles. The number of fused-ring (bicyclic) bond motifs is 1. The molecule has 1 atom stereocenters. The predicted octanol–water partition coefficient (Wildman–Crippen LogP) is 5.29. The largest absolute Gasteiger partial charge is 0.494 e. The van der Waals surface area contributed by atoms with E-state index in [1.807, 2.05) is 42.5 Å². The van der Waals surface area contributed by atoms with Crippen LogP contribution in [0.15, 0.2) is 72.0 Å². The summed E-state index contributed by atoms with van der Waals surface area (Å²) < 4.78 is 17.6. The molecule has 5 aromatic rings. The number of imidazole rings is 1. The summed E-state index contributed by atoms with van der Waals surface area (Å²) in [5.74, 6) is 1.81. The third kappa shape index (κ3) is 7.20. The number of ether oxygens (including phenoxy) is 2. The number of hydrogen-bond donors (Lipinski definition) is 5. The van der Waals surface area contributed by atoms with E-state index in [4.69, 9.17) is 23.9 Å². The monoisotopic (exact) mass is 678 g/mol. The molecule has 1 amide bonds. The zero-order valence-electron chi connectivity index (χ0n) is 28.1. The molecule has 0 bridgehead atoms. The second-order valence-electron chi connectivity index (χ2n) is 12.5. The first-order valence-corrected chi connectivity index (χ1v) is 17.0. The highest BCUT2D eigenvalue weighted by Gasteiger charge is 2.30. The third-order valence-corrected chi connectivity index (χ3v) is 9.34. The zero-order chi connectivity index (χ0) is 34.5. The van der Waals surface area contributed by atoms with E-state index in [9.17, 15) is 9.90 Å². The molecule has 2 aromatic carbocycles. The molecule has 2 aliphatic rings. The molecule has 7 rings (SSSR count). The maximum atomic E-state index is 12.6. The number of aromatic amines is 1. The number of furan rings is 1. The van der Waals surface area contributed by atoms with Gasteiger partial charge < -0.3 is 44.8 Å². The van der Waals surface area contributed by atoms with Crippen molar-refractivity contribution in [1.29, 1.82) is 0 Å². The summed E-state index contributed by atoms with van der Waals surface area (Å²) in [6.07, 6.45) is 7.95. The lowest BCUT2D eigenvalue weighted by atomic mass is 9.90. The molecule has 0 spiro atoms. The summed E-state index contributed by atoms with van der Waals surface area (Å²) in [6.45, 7) is 7.89. The van der Waals surface area contributed by atoms with Crippen LogP contribution in [0.3, 0.4) is 0 Å². The van der Waals surface area contributed by atoms with Crippen molar-refractivity contribution in [3.63, 3.8) is 0 Å². The Morgan fingerprint density at radius 3 is 2.82 bits per heavy atom. The molecule has 3 aromatic heterocycles. The number of aryl methyl sites for hydroxylation is 1. The number of rotatable bonds is 12. The first kappa shape index (κ1) is 33.3. The normalized spacial score (nSPS) is 16.8. The average molecular weight is 679 g/mol. The van der Waals surface area contributed by atoms with E-state index in [0.717, 1.165) is 73.7 Å². The Balaban J connectivity index is 1.18. The second kappa shape index (κ2) is 15.1. The van der Waals surface area contributed by atoms with E-state index >= 15 is 0 Å². The van der Waals surface area contributed by atoms with Crippen molar-refractivity contribution in [2.45, 2.75) is 31.8 Å². The van der Waals surface area contributed by atoms with Crippen molar-refractivity contribution in [1.82, 2.24) is 25.3 Å². The number of piperidine rings is 1.